The van der Waals surface area contributed by atoms with Crippen LogP contribution in [0, 0.1) is 0 Å². The molecule has 0 aliphatic carbocycles. The highest BCUT2D eigenvalue weighted by atomic mass is 32.1. The Morgan fingerprint density at radius 3 is 3.16 bits per heavy atom. The maximum absolute atomic E-state index is 12.1. The van der Waals surface area contributed by atoms with Crippen LogP contribution in [-0.4, -0.2) is 44.1 Å². The SMILES string of the molecule is NOCC(CS)NC(=O)c1c(=O)cnn2[nH]cnc12. The Morgan fingerprint density at radius 2 is 2.47 bits per heavy atom. The van der Waals surface area contributed by atoms with Crippen molar-refractivity contribution in [3.05, 3.63) is 28.3 Å². The molecular formula is C9H12N6O3S. The van der Waals surface area contributed by atoms with Gasteiger partial charge >= 0.3 is 0 Å². The predicted molar refractivity (Wildman–Crippen MR) is 68.9 cm³/mol. The number of hydrogen-bond acceptors (Lipinski definition) is 7. The highest BCUT2D eigenvalue weighted by Gasteiger charge is 2.19. The first-order valence-electron chi connectivity index (χ1n) is 5.32. The van der Waals surface area contributed by atoms with Crippen molar-refractivity contribution >= 4 is 24.2 Å². The molecule has 102 valence electrons. The average molecular weight is 284 g/mol. The molecule has 0 aliphatic rings. The lowest BCUT2D eigenvalue weighted by atomic mass is 10.2. The smallest absolute Gasteiger partial charge is 0.259 e. The van der Waals surface area contributed by atoms with Gasteiger partial charge in [0.05, 0.1) is 18.8 Å². The van der Waals surface area contributed by atoms with E-state index < -0.39 is 17.4 Å². The second-order valence-electron chi connectivity index (χ2n) is 3.69. The molecule has 10 heteroatoms. The van der Waals surface area contributed by atoms with E-state index in [-0.39, 0.29) is 17.8 Å². The van der Waals surface area contributed by atoms with E-state index in [1.54, 1.807) is 0 Å². The van der Waals surface area contributed by atoms with Gasteiger partial charge in [0.2, 0.25) is 5.43 Å². The second kappa shape index (κ2) is 5.82. The third kappa shape index (κ3) is 2.75. The molecule has 2 heterocycles. The molecule has 2 rings (SSSR count). The Hall–Kier alpha value is -1.91. The molecular weight excluding hydrogens is 272 g/mol. The summed E-state index contributed by atoms with van der Waals surface area (Å²) in [6.45, 7) is 0.0887. The molecule has 1 unspecified atom stereocenters. The Morgan fingerprint density at radius 1 is 1.68 bits per heavy atom. The maximum atomic E-state index is 12.1. The third-order valence-electron chi connectivity index (χ3n) is 2.41. The molecule has 0 aliphatic heterocycles. The number of H-pyrrole nitrogens is 1. The van der Waals surface area contributed by atoms with Crippen molar-refractivity contribution in [3.63, 3.8) is 0 Å². The zero-order chi connectivity index (χ0) is 13.8. The fourth-order valence-electron chi connectivity index (χ4n) is 1.53. The summed E-state index contributed by atoms with van der Waals surface area (Å²) in [6, 6.07) is -0.410. The van der Waals surface area contributed by atoms with Gasteiger partial charge in [-0.25, -0.2) is 10.9 Å². The van der Waals surface area contributed by atoms with Gasteiger partial charge in [-0.3, -0.25) is 14.7 Å². The van der Waals surface area contributed by atoms with E-state index in [2.05, 4.69) is 38.0 Å². The number of aromatic amines is 1. The molecule has 0 bridgehead atoms. The zero-order valence-electron chi connectivity index (χ0n) is 9.74. The van der Waals surface area contributed by atoms with Crippen LogP contribution in [0.15, 0.2) is 17.3 Å². The maximum Gasteiger partial charge on any atom is 0.259 e. The molecule has 19 heavy (non-hydrogen) atoms. The highest BCUT2D eigenvalue weighted by molar-refractivity contribution is 7.80. The number of aromatic nitrogens is 4. The van der Waals surface area contributed by atoms with E-state index in [0.29, 0.717) is 5.75 Å². The quantitative estimate of drug-likeness (QED) is 0.384. The first-order valence-corrected chi connectivity index (χ1v) is 5.95. The van der Waals surface area contributed by atoms with E-state index in [1.165, 1.54) is 11.0 Å². The van der Waals surface area contributed by atoms with Gasteiger partial charge in [0.25, 0.3) is 5.91 Å². The van der Waals surface area contributed by atoms with Crippen LogP contribution < -0.4 is 16.6 Å². The summed E-state index contributed by atoms with van der Waals surface area (Å²) in [5.41, 5.74) is -0.465. The second-order valence-corrected chi connectivity index (χ2v) is 4.06. The number of fused-ring (bicyclic) bond motifs is 1. The van der Waals surface area contributed by atoms with Crippen LogP contribution in [0.3, 0.4) is 0 Å². The third-order valence-corrected chi connectivity index (χ3v) is 2.85. The normalized spacial score (nSPS) is 12.5. The van der Waals surface area contributed by atoms with Crippen molar-refractivity contribution in [1.82, 2.24) is 25.1 Å². The number of nitrogens with zero attached hydrogens (tertiary/aromatic N) is 3. The lowest BCUT2D eigenvalue weighted by Crippen LogP contribution is -2.42. The van der Waals surface area contributed by atoms with Crippen LogP contribution >= 0.6 is 12.6 Å². The number of carbonyl (C=O) groups excluding carboxylic acids is 1. The molecule has 4 N–H and O–H groups in total. The summed E-state index contributed by atoms with van der Waals surface area (Å²) in [5, 5.41) is 9.01. The van der Waals surface area contributed by atoms with Crippen LogP contribution in [-0.2, 0) is 4.84 Å². The summed E-state index contributed by atoms with van der Waals surface area (Å²) in [4.78, 5) is 32.2. The van der Waals surface area contributed by atoms with Crippen LogP contribution in [0.5, 0.6) is 0 Å². The monoisotopic (exact) mass is 284 g/mol. The Bertz CT molecular complexity index is 638. The summed E-state index contributed by atoms with van der Waals surface area (Å²) >= 11 is 4.06. The molecule has 0 saturated heterocycles. The largest absolute Gasteiger partial charge is 0.346 e. The molecule has 0 spiro atoms. The van der Waals surface area contributed by atoms with Crippen molar-refractivity contribution < 1.29 is 9.63 Å². The van der Waals surface area contributed by atoms with Gasteiger partial charge in [-0.05, 0) is 0 Å². The molecule has 0 aromatic carbocycles. The fraction of sp³-hybridized carbons (Fsp3) is 0.333. The Labute approximate surface area is 112 Å². The van der Waals surface area contributed by atoms with E-state index in [4.69, 9.17) is 5.90 Å². The summed E-state index contributed by atoms with van der Waals surface area (Å²) in [5.74, 6) is 4.69. The molecule has 2 aromatic heterocycles. The lowest BCUT2D eigenvalue weighted by Gasteiger charge is -2.14. The zero-order valence-corrected chi connectivity index (χ0v) is 10.6. The molecule has 0 fully saturated rings. The molecule has 1 amide bonds. The van der Waals surface area contributed by atoms with Gasteiger partial charge in [-0.2, -0.15) is 22.4 Å². The lowest BCUT2D eigenvalue weighted by molar-refractivity contribution is 0.0861. The van der Waals surface area contributed by atoms with Crippen LogP contribution in [0.4, 0.5) is 0 Å². The number of rotatable bonds is 5. The number of nitrogens with one attached hydrogen (secondary N) is 2. The summed E-state index contributed by atoms with van der Waals surface area (Å²) in [7, 11) is 0. The highest BCUT2D eigenvalue weighted by Crippen LogP contribution is 2.01. The van der Waals surface area contributed by atoms with Gasteiger partial charge in [0, 0.05) is 5.75 Å². The molecule has 9 nitrogen and oxygen atoms in total. The first-order chi connectivity index (χ1) is 9.17. The van der Waals surface area contributed by atoms with Gasteiger partial charge in [0.15, 0.2) is 5.65 Å². The molecule has 0 saturated carbocycles. The van der Waals surface area contributed by atoms with E-state index in [9.17, 15) is 9.59 Å². The predicted octanol–water partition coefficient (Wildman–Crippen LogP) is -1.66. The van der Waals surface area contributed by atoms with Crippen molar-refractivity contribution in [2.75, 3.05) is 12.4 Å². The van der Waals surface area contributed by atoms with Crippen LogP contribution in [0.1, 0.15) is 10.4 Å². The van der Waals surface area contributed by atoms with Crippen molar-refractivity contribution in [2.24, 2.45) is 5.90 Å². The van der Waals surface area contributed by atoms with Crippen molar-refractivity contribution in [3.8, 4) is 0 Å². The van der Waals surface area contributed by atoms with Crippen molar-refractivity contribution in [1.29, 1.82) is 0 Å². The van der Waals surface area contributed by atoms with E-state index in [0.717, 1.165) is 6.20 Å². The topological polar surface area (TPSA) is 127 Å². The minimum Gasteiger partial charge on any atom is -0.346 e. The fourth-order valence-corrected chi connectivity index (χ4v) is 1.73. The number of carbonyl (C=O) groups is 1. The minimum atomic E-state index is -0.576. The molecule has 2 aromatic rings. The standard InChI is InChI=1S/C9H12N6O3S/c10-18-2-5(3-19)14-9(17)7-6(16)1-12-15-8(7)11-4-13-15/h1,4-5,19H,2-3,10H2,(H,11,13)(H,14,17). The van der Waals surface area contributed by atoms with E-state index in [1.807, 2.05) is 0 Å². The van der Waals surface area contributed by atoms with Crippen molar-refractivity contribution in [2.45, 2.75) is 6.04 Å². The van der Waals surface area contributed by atoms with Crippen LogP contribution in [0.2, 0.25) is 0 Å². The Balaban J connectivity index is 2.33. The number of hydrogen-bond donors (Lipinski definition) is 4. The number of nitrogens with two attached hydrogens (primary N) is 1. The first kappa shape index (κ1) is 13.5. The van der Waals surface area contributed by atoms with Gasteiger partial charge in [0.1, 0.15) is 11.9 Å². The summed E-state index contributed by atoms with van der Waals surface area (Å²) < 4.78 is 1.23. The minimum absolute atomic E-state index is 0.0887. The number of amides is 1. The number of thiol groups is 1. The molecule has 1 atom stereocenters. The summed E-state index contributed by atoms with van der Waals surface area (Å²) in [6.07, 6.45) is 2.37. The average Bonchev–Trinajstić information content (AvgIpc) is 2.85. The van der Waals surface area contributed by atoms with Crippen LogP contribution in [0.25, 0.3) is 5.65 Å². The van der Waals surface area contributed by atoms with Gasteiger partial charge in [-0.15, -0.1) is 0 Å². The van der Waals surface area contributed by atoms with Gasteiger partial charge < -0.3 is 10.2 Å². The van der Waals surface area contributed by atoms with Gasteiger partial charge in [-0.1, -0.05) is 0 Å². The molecule has 0 radical (unpaired) electrons. The van der Waals surface area contributed by atoms with E-state index >= 15 is 0 Å². The Kier molecular flexibility index (Phi) is 4.14.